The van der Waals surface area contributed by atoms with Crippen LogP contribution in [0.4, 0.5) is 5.69 Å². The van der Waals surface area contributed by atoms with Crippen LogP contribution in [0, 0.1) is 0 Å². The van der Waals surface area contributed by atoms with Crippen molar-refractivity contribution in [3.05, 3.63) is 59.7 Å². The lowest BCUT2D eigenvalue weighted by atomic mass is 10.1. The van der Waals surface area contributed by atoms with E-state index >= 15 is 0 Å². The van der Waals surface area contributed by atoms with Crippen LogP contribution in [0.5, 0.6) is 5.75 Å². The Morgan fingerprint density at radius 3 is 2.40 bits per heavy atom. The third-order valence-electron chi connectivity index (χ3n) is 3.37. The van der Waals surface area contributed by atoms with Gasteiger partial charge in [-0.2, -0.15) is 0 Å². The number of likely N-dealkylation sites (N-methyl/N-ethyl adjacent to an activating group) is 1. The van der Waals surface area contributed by atoms with Crippen molar-refractivity contribution in [3.8, 4) is 5.75 Å². The summed E-state index contributed by atoms with van der Waals surface area (Å²) in [5.41, 5.74) is 2.95. The molecule has 0 radical (unpaired) electrons. The van der Waals surface area contributed by atoms with Gasteiger partial charge in [0.15, 0.2) is 0 Å². The summed E-state index contributed by atoms with van der Waals surface area (Å²) in [5.74, 6) is 0.185. The zero-order chi connectivity index (χ0) is 14.5. The standard InChI is InChI=1S/C17H19NO2/c1-3-13-7-9-15(10-8-13)18(2)17(20)12-14-5-4-6-16(19)11-14/h4-11,19H,3,12H2,1-2H3. The molecule has 0 aromatic heterocycles. The monoisotopic (exact) mass is 269 g/mol. The zero-order valence-corrected chi connectivity index (χ0v) is 11.8. The van der Waals surface area contributed by atoms with Gasteiger partial charge in [-0.3, -0.25) is 4.79 Å². The summed E-state index contributed by atoms with van der Waals surface area (Å²) >= 11 is 0. The van der Waals surface area contributed by atoms with E-state index in [-0.39, 0.29) is 18.1 Å². The molecule has 0 saturated heterocycles. The second-order valence-electron chi connectivity index (χ2n) is 4.82. The van der Waals surface area contributed by atoms with E-state index in [1.807, 2.05) is 30.3 Å². The summed E-state index contributed by atoms with van der Waals surface area (Å²) in [6.45, 7) is 2.10. The number of rotatable bonds is 4. The van der Waals surface area contributed by atoms with Crippen LogP contribution in [-0.4, -0.2) is 18.1 Å². The van der Waals surface area contributed by atoms with Gasteiger partial charge in [0.25, 0.3) is 0 Å². The summed E-state index contributed by atoms with van der Waals surface area (Å²) in [6.07, 6.45) is 1.27. The molecule has 0 bridgehead atoms. The number of benzene rings is 2. The van der Waals surface area contributed by atoms with Crippen molar-refractivity contribution in [1.82, 2.24) is 0 Å². The molecule has 1 amide bonds. The van der Waals surface area contributed by atoms with Crippen molar-refractivity contribution in [1.29, 1.82) is 0 Å². The predicted octanol–water partition coefficient (Wildman–Crippen LogP) is 3.16. The minimum atomic E-state index is -0.000140. The molecule has 3 heteroatoms. The van der Waals surface area contributed by atoms with Crippen LogP contribution in [0.2, 0.25) is 0 Å². The highest BCUT2D eigenvalue weighted by atomic mass is 16.3. The van der Waals surface area contributed by atoms with E-state index in [9.17, 15) is 9.90 Å². The number of phenolic OH excluding ortho intramolecular Hbond substituents is 1. The van der Waals surface area contributed by atoms with Crippen LogP contribution in [0.25, 0.3) is 0 Å². The number of anilines is 1. The number of amides is 1. The van der Waals surface area contributed by atoms with Gasteiger partial charge in [-0.25, -0.2) is 0 Å². The molecule has 0 heterocycles. The van der Waals surface area contributed by atoms with E-state index < -0.39 is 0 Å². The lowest BCUT2D eigenvalue weighted by molar-refractivity contribution is -0.117. The number of aromatic hydroxyl groups is 1. The number of nitrogens with zero attached hydrogens (tertiary/aromatic N) is 1. The van der Waals surface area contributed by atoms with Crippen molar-refractivity contribution < 1.29 is 9.90 Å². The van der Waals surface area contributed by atoms with Gasteiger partial charge >= 0.3 is 0 Å². The van der Waals surface area contributed by atoms with Gasteiger partial charge in [-0.1, -0.05) is 31.2 Å². The number of hydrogen-bond acceptors (Lipinski definition) is 2. The molecule has 0 aliphatic carbocycles. The molecule has 0 atom stereocenters. The Hall–Kier alpha value is -2.29. The number of phenols is 1. The second-order valence-corrected chi connectivity index (χ2v) is 4.82. The molecule has 0 unspecified atom stereocenters. The van der Waals surface area contributed by atoms with Crippen molar-refractivity contribution in [3.63, 3.8) is 0 Å². The number of carbonyl (C=O) groups is 1. The van der Waals surface area contributed by atoms with Crippen molar-refractivity contribution in [2.45, 2.75) is 19.8 Å². The first kappa shape index (κ1) is 14.1. The van der Waals surface area contributed by atoms with Gasteiger partial charge in [-0.15, -0.1) is 0 Å². The first-order valence-electron chi connectivity index (χ1n) is 6.73. The molecule has 2 aromatic carbocycles. The highest BCUT2D eigenvalue weighted by molar-refractivity contribution is 5.94. The Kier molecular flexibility index (Phi) is 4.41. The average Bonchev–Trinajstić information content (AvgIpc) is 2.46. The first-order valence-corrected chi connectivity index (χ1v) is 6.73. The maximum absolute atomic E-state index is 12.2. The molecular weight excluding hydrogens is 250 g/mol. The summed E-state index contributed by atoms with van der Waals surface area (Å²) in [6, 6.07) is 14.8. The predicted molar refractivity (Wildman–Crippen MR) is 81.0 cm³/mol. The Balaban J connectivity index is 2.07. The molecule has 0 aliphatic rings. The Morgan fingerprint density at radius 2 is 1.80 bits per heavy atom. The lowest BCUT2D eigenvalue weighted by Crippen LogP contribution is -2.27. The smallest absolute Gasteiger partial charge is 0.231 e. The summed E-state index contributed by atoms with van der Waals surface area (Å²) in [7, 11) is 1.77. The lowest BCUT2D eigenvalue weighted by Gasteiger charge is -2.17. The normalized spacial score (nSPS) is 10.3. The maximum Gasteiger partial charge on any atom is 0.231 e. The maximum atomic E-state index is 12.2. The summed E-state index contributed by atoms with van der Waals surface area (Å²) in [5, 5.41) is 9.41. The van der Waals surface area contributed by atoms with E-state index in [1.165, 1.54) is 5.56 Å². The molecular formula is C17H19NO2. The number of aryl methyl sites for hydroxylation is 1. The summed E-state index contributed by atoms with van der Waals surface area (Å²) < 4.78 is 0. The molecule has 0 aliphatic heterocycles. The quantitative estimate of drug-likeness (QED) is 0.926. The van der Waals surface area contributed by atoms with Gasteiger partial charge in [0, 0.05) is 12.7 Å². The summed E-state index contributed by atoms with van der Waals surface area (Å²) in [4.78, 5) is 13.9. The molecule has 0 fully saturated rings. The van der Waals surface area contributed by atoms with E-state index in [4.69, 9.17) is 0 Å². The molecule has 104 valence electrons. The van der Waals surface area contributed by atoms with Crippen LogP contribution < -0.4 is 4.90 Å². The molecule has 2 aromatic rings. The molecule has 0 spiro atoms. The second kappa shape index (κ2) is 6.24. The van der Waals surface area contributed by atoms with E-state index in [0.717, 1.165) is 17.7 Å². The van der Waals surface area contributed by atoms with Crippen LogP contribution >= 0.6 is 0 Å². The minimum absolute atomic E-state index is 0.000140. The third kappa shape index (κ3) is 3.38. The number of hydrogen-bond donors (Lipinski definition) is 1. The van der Waals surface area contributed by atoms with Gasteiger partial charge in [-0.05, 0) is 41.8 Å². The van der Waals surface area contributed by atoms with Crippen LogP contribution in [0.15, 0.2) is 48.5 Å². The van der Waals surface area contributed by atoms with E-state index in [0.29, 0.717) is 0 Å². The van der Waals surface area contributed by atoms with Gasteiger partial charge in [0.1, 0.15) is 5.75 Å². The molecule has 2 rings (SSSR count). The van der Waals surface area contributed by atoms with Gasteiger partial charge in [0.2, 0.25) is 5.91 Å². The van der Waals surface area contributed by atoms with Crippen molar-refractivity contribution in [2.75, 3.05) is 11.9 Å². The van der Waals surface area contributed by atoms with Crippen LogP contribution in [0.1, 0.15) is 18.1 Å². The fourth-order valence-electron chi connectivity index (χ4n) is 2.06. The topological polar surface area (TPSA) is 40.5 Å². The Labute approximate surface area is 119 Å². The van der Waals surface area contributed by atoms with Crippen LogP contribution in [0.3, 0.4) is 0 Å². The van der Waals surface area contributed by atoms with E-state index in [2.05, 4.69) is 6.92 Å². The average molecular weight is 269 g/mol. The number of carbonyl (C=O) groups excluding carboxylic acids is 1. The van der Waals surface area contributed by atoms with Gasteiger partial charge < -0.3 is 10.0 Å². The minimum Gasteiger partial charge on any atom is -0.508 e. The molecule has 1 N–H and O–H groups in total. The highest BCUT2D eigenvalue weighted by Gasteiger charge is 2.11. The fourth-order valence-corrected chi connectivity index (χ4v) is 2.06. The fraction of sp³-hybridized carbons (Fsp3) is 0.235. The first-order chi connectivity index (χ1) is 9.60. The Morgan fingerprint density at radius 1 is 1.10 bits per heavy atom. The molecule has 20 heavy (non-hydrogen) atoms. The van der Waals surface area contributed by atoms with Crippen molar-refractivity contribution in [2.24, 2.45) is 0 Å². The largest absolute Gasteiger partial charge is 0.508 e. The van der Waals surface area contributed by atoms with E-state index in [1.54, 1.807) is 30.1 Å². The third-order valence-corrected chi connectivity index (χ3v) is 3.37. The molecule has 0 saturated carbocycles. The van der Waals surface area contributed by atoms with Crippen molar-refractivity contribution >= 4 is 11.6 Å². The zero-order valence-electron chi connectivity index (χ0n) is 11.8. The Bertz CT molecular complexity index is 590. The SMILES string of the molecule is CCc1ccc(N(C)C(=O)Cc2cccc(O)c2)cc1. The molecule has 3 nitrogen and oxygen atoms in total. The highest BCUT2D eigenvalue weighted by Crippen LogP contribution is 2.17. The van der Waals surface area contributed by atoms with Gasteiger partial charge in [0.05, 0.1) is 6.42 Å². The van der Waals surface area contributed by atoms with Crippen LogP contribution in [-0.2, 0) is 17.6 Å².